The van der Waals surface area contributed by atoms with E-state index < -0.39 is 7.12 Å². The molecule has 2 unspecified atom stereocenters. The Bertz CT molecular complexity index is 165. The zero-order valence-electron chi connectivity index (χ0n) is 7.12. The van der Waals surface area contributed by atoms with Crippen LogP contribution in [0.4, 0.5) is 0 Å². The molecular weight excluding hydrogens is 139 g/mol. The Morgan fingerprint density at radius 3 is 2.64 bits per heavy atom. The van der Waals surface area contributed by atoms with Crippen LogP contribution >= 0.6 is 0 Å². The fourth-order valence-corrected chi connectivity index (χ4v) is 1.73. The van der Waals surface area contributed by atoms with Gasteiger partial charge in [-0.2, -0.15) is 0 Å². The molecule has 2 N–H and O–H groups in total. The van der Waals surface area contributed by atoms with E-state index in [1.807, 2.05) is 6.92 Å². The molecule has 2 atom stereocenters. The lowest BCUT2D eigenvalue weighted by Crippen LogP contribution is -2.26. The van der Waals surface area contributed by atoms with E-state index in [2.05, 4.69) is 13.0 Å². The van der Waals surface area contributed by atoms with Gasteiger partial charge in [0.1, 0.15) is 0 Å². The minimum Gasteiger partial charge on any atom is -0.427 e. The van der Waals surface area contributed by atoms with Crippen LogP contribution in [0.1, 0.15) is 26.7 Å². The zero-order chi connectivity index (χ0) is 8.43. The highest BCUT2D eigenvalue weighted by molar-refractivity contribution is 6.43. The van der Waals surface area contributed by atoms with Gasteiger partial charge in [0.05, 0.1) is 0 Å². The van der Waals surface area contributed by atoms with Gasteiger partial charge in [0.25, 0.3) is 0 Å². The van der Waals surface area contributed by atoms with Gasteiger partial charge in [-0.15, -0.1) is 0 Å². The fraction of sp³-hybridized carbons (Fsp3) is 0.750. The highest BCUT2D eigenvalue weighted by Gasteiger charge is 2.29. The smallest absolute Gasteiger partial charge is 0.427 e. The molecule has 11 heavy (non-hydrogen) atoms. The predicted octanol–water partition coefficient (Wildman–Crippen LogP) is 1.21. The highest BCUT2D eigenvalue weighted by atomic mass is 16.4. The van der Waals surface area contributed by atoms with E-state index >= 15 is 0 Å². The second-order valence-electron chi connectivity index (χ2n) is 3.49. The van der Waals surface area contributed by atoms with Gasteiger partial charge in [-0.25, -0.2) is 0 Å². The Kier molecular flexibility index (Phi) is 2.74. The predicted molar refractivity (Wildman–Crippen MR) is 46.1 cm³/mol. The summed E-state index contributed by atoms with van der Waals surface area (Å²) in [6.07, 6.45) is 4.04. The van der Waals surface area contributed by atoms with Crippen LogP contribution in [-0.2, 0) is 0 Å². The number of rotatable bonds is 1. The molecule has 1 rings (SSSR count). The zero-order valence-corrected chi connectivity index (χ0v) is 7.12. The molecule has 0 saturated carbocycles. The van der Waals surface area contributed by atoms with Crippen LogP contribution in [-0.4, -0.2) is 17.2 Å². The molecule has 0 fully saturated rings. The summed E-state index contributed by atoms with van der Waals surface area (Å²) in [5.41, 5.74) is 1.37. The van der Waals surface area contributed by atoms with E-state index in [0.717, 1.165) is 12.8 Å². The standard InChI is InChI=1S/C8H15BO2/c1-6-3-4-8(9(10)11)7(2)5-6/h5,7-8,10-11H,3-4H2,1-2H3. The first-order chi connectivity index (χ1) is 5.11. The summed E-state index contributed by atoms with van der Waals surface area (Å²) < 4.78 is 0. The van der Waals surface area contributed by atoms with E-state index in [4.69, 9.17) is 10.0 Å². The second kappa shape index (κ2) is 3.41. The molecule has 0 saturated heterocycles. The molecule has 0 amide bonds. The number of allylic oxidation sites excluding steroid dienone is 2. The summed E-state index contributed by atoms with van der Waals surface area (Å²) in [7, 11) is -1.14. The topological polar surface area (TPSA) is 40.5 Å². The summed E-state index contributed by atoms with van der Waals surface area (Å²) >= 11 is 0. The number of hydrogen-bond donors (Lipinski definition) is 2. The van der Waals surface area contributed by atoms with Gasteiger partial charge in [-0.05, 0) is 31.5 Å². The van der Waals surface area contributed by atoms with E-state index in [1.54, 1.807) is 0 Å². The molecule has 2 nitrogen and oxygen atoms in total. The highest BCUT2D eigenvalue weighted by Crippen LogP contribution is 2.33. The van der Waals surface area contributed by atoms with Gasteiger partial charge in [0, 0.05) is 0 Å². The van der Waals surface area contributed by atoms with Crippen LogP contribution in [0.25, 0.3) is 0 Å². The average molecular weight is 154 g/mol. The van der Waals surface area contributed by atoms with Gasteiger partial charge in [-0.1, -0.05) is 18.6 Å². The summed E-state index contributed by atoms with van der Waals surface area (Å²) in [5, 5.41) is 17.9. The normalized spacial score (nSPS) is 31.5. The summed E-state index contributed by atoms with van der Waals surface area (Å²) in [4.78, 5) is 0. The van der Waals surface area contributed by atoms with E-state index in [0.29, 0.717) is 5.92 Å². The van der Waals surface area contributed by atoms with Crippen LogP contribution in [0.5, 0.6) is 0 Å². The number of hydrogen-bond acceptors (Lipinski definition) is 2. The molecule has 0 aromatic rings. The minimum atomic E-state index is -1.14. The average Bonchev–Trinajstić information content (AvgIpc) is 1.85. The molecule has 0 aromatic heterocycles. The van der Waals surface area contributed by atoms with E-state index in [9.17, 15) is 0 Å². The molecule has 1 aliphatic rings. The maximum atomic E-state index is 8.96. The maximum Gasteiger partial charge on any atom is 0.455 e. The molecule has 0 radical (unpaired) electrons. The van der Waals surface area contributed by atoms with Crippen LogP contribution < -0.4 is 0 Å². The third-order valence-corrected chi connectivity index (χ3v) is 2.48. The Morgan fingerprint density at radius 1 is 1.55 bits per heavy atom. The van der Waals surface area contributed by atoms with Crippen molar-refractivity contribution in [1.82, 2.24) is 0 Å². The third kappa shape index (κ3) is 2.07. The van der Waals surface area contributed by atoms with Crippen molar-refractivity contribution >= 4 is 7.12 Å². The SMILES string of the molecule is CC1=CC(C)C(B(O)O)CC1. The minimum absolute atomic E-state index is 0.0405. The molecule has 1 aliphatic carbocycles. The van der Waals surface area contributed by atoms with Crippen LogP contribution in [0.3, 0.4) is 0 Å². The molecule has 0 heterocycles. The van der Waals surface area contributed by atoms with E-state index in [1.165, 1.54) is 5.57 Å². The van der Waals surface area contributed by atoms with Crippen LogP contribution in [0.2, 0.25) is 5.82 Å². The van der Waals surface area contributed by atoms with Gasteiger partial charge >= 0.3 is 7.12 Å². The van der Waals surface area contributed by atoms with Crippen molar-refractivity contribution < 1.29 is 10.0 Å². The summed E-state index contributed by atoms with van der Waals surface area (Å²) in [6, 6.07) is 0. The molecule has 0 aliphatic heterocycles. The Hall–Kier alpha value is -0.275. The molecule has 0 spiro atoms. The lowest BCUT2D eigenvalue weighted by Gasteiger charge is -2.25. The summed E-state index contributed by atoms with van der Waals surface area (Å²) in [5.74, 6) is 0.349. The summed E-state index contributed by atoms with van der Waals surface area (Å²) in [6.45, 7) is 4.13. The van der Waals surface area contributed by atoms with Gasteiger partial charge in [0.2, 0.25) is 0 Å². The van der Waals surface area contributed by atoms with Crippen molar-refractivity contribution in [3.63, 3.8) is 0 Å². The van der Waals surface area contributed by atoms with E-state index in [-0.39, 0.29) is 5.82 Å². The van der Waals surface area contributed by atoms with Crippen molar-refractivity contribution in [2.75, 3.05) is 0 Å². The van der Waals surface area contributed by atoms with Gasteiger partial charge < -0.3 is 10.0 Å². The molecule has 62 valence electrons. The maximum absolute atomic E-state index is 8.96. The van der Waals surface area contributed by atoms with Gasteiger partial charge in [-0.3, -0.25) is 0 Å². The lowest BCUT2D eigenvalue weighted by molar-refractivity contribution is 0.355. The molecule has 0 aromatic carbocycles. The second-order valence-corrected chi connectivity index (χ2v) is 3.49. The third-order valence-electron chi connectivity index (χ3n) is 2.48. The monoisotopic (exact) mass is 154 g/mol. The van der Waals surface area contributed by atoms with Crippen molar-refractivity contribution in [1.29, 1.82) is 0 Å². The van der Waals surface area contributed by atoms with Crippen LogP contribution in [0.15, 0.2) is 11.6 Å². The fourth-order valence-electron chi connectivity index (χ4n) is 1.73. The first-order valence-electron chi connectivity index (χ1n) is 4.14. The van der Waals surface area contributed by atoms with Crippen LogP contribution in [0, 0.1) is 5.92 Å². The molecular formula is C8H15BO2. The Morgan fingerprint density at radius 2 is 2.18 bits per heavy atom. The Balaban J connectivity index is 2.60. The molecule has 0 bridgehead atoms. The van der Waals surface area contributed by atoms with Crippen molar-refractivity contribution in [3.8, 4) is 0 Å². The van der Waals surface area contributed by atoms with Gasteiger partial charge in [0.15, 0.2) is 0 Å². The largest absolute Gasteiger partial charge is 0.455 e. The van der Waals surface area contributed by atoms with Crippen molar-refractivity contribution in [3.05, 3.63) is 11.6 Å². The lowest BCUT2D eigenvalue weighted by atomic mass is 9.61. The Labute approximate surface area is 68.1 Å². The van der Waals surface area contributed by atoms with Crippen molar-refractivity contribution in [2.24, 2.45) is 5.92 Å². The quantitative estimate of drug-likeness (QED) is 0.440. The first kappa shape index (κ1) is 8.82. The first-order valence-corrected chi connectivity index (χ1v) is 4.14. The van der Waals surface area contributed by atoms with Crippen molar-refractivity contribution in [2.45, 2.75) is 32.5 Å². The molecule has 3 heteroatoms.